The molecule has 0 saturated heterocycles. The summed E-state index contributed by atoms with van der Waals surface area (Å²) in [5, 5.41) is 2.47. The molecule has 3 rings (SSSR count). The maximum absolute atomic E-state index is 13.0. The molecule has 0 saturated carbocycles. The summed E-state index contributed by atoms with van der Waals surface area (Å²) >= 11 is 0. The summed E-state index contributed by atoms with van der Waals surface area (Å²) in [4.78, 5) is 43.9. The predicted molar refractivity (Wildman–Crippen MR) is 123 cm³/mol. The van der Waals surface area contributed by atoms with Crippen molar-refractivity contribution in [3.05, 3.63) is 42.2 Å². The number of anilines is 1. The second kappa shape index (κ2) is 9.54. The molecular formula is C23H29N5O6. The summed E-state index contributed by atoms with van der Waals surface area (Å²) in [5.74, 6) is -0.571. The molecule has 1 atom stereocenters. The number of imidazole rings is 1. The third-order valence-corrected chi connectivity index (χ3v) is 4.08. The molecule has 1 amide bonds. The lowest BCUT2D eigenvalue weighted by Crippen LogP contribution is -2.33. The molecule has 0 bridgehead atoms. The van der Waals surface area contributed by atoms with Crippen molar-refractivity contribution in [3.63, 3.8) is 0 Å². The number of ether oxygens (including phenoxy) is 3. The number of hydrogen-bond donors (Lipinski definition) is 1. The van der Waals surface area contributed by atoms with Crippen LogP contribution in [0.2, 0.25) is 0 Å². The zero-order valence-electron chi connectivity index (χ0n) is 20.3. The van der Waals surface area contributed by atoms with Gasteiger partial charge in [0.15, 0.2) is 5.52 Å². The summed E-state index contributed by atoms with van der Waals surface area (Å²) in [5.41, 5.74) is -0.415. The van der Waals surface area contributed by atoms with Gasteiger partial charge in [0.25, 0.3) is 0 Å². The number of fused-ring (bicyclic) bond motifs is 1. The molecule has 11 nitrogen and oxygen atoms in total. The second-order valence-electron chi connectivity index (χ2n) is 9.36. The third-order valence-electron chi connectivity index (χ3n) is 4.08. The number of carbonyl (C=O) groups is 2. The van der Waals surface area contributed by atoms with Crippen LogP contribution in [-0.2, 0) is 14.3 Å². The number of esters is 1. The van der Waals surface area contributed by atoms with E-state index in [9.17, 15) is 9.59 Å². The van der Waals surface area contributed by atoms with Gasteiger partial charge in [0.05, 0.1) is 7.11 Å². The Balaban J connectivity index is 1.98. The number of benzene rings is 1. The normalized spacial score (nSPS) is 12.7. The van der Waals surface area contributed by atoms with Gasteiger partial charge in [-0.3, -0.25) is 5.32 Å². The van der Waals surface area contributed by atoms with E-state index in [1.54, 1.807) is 65.8 Å². The average Bonchev–Trinajstić information content (AvgIpc) is 3.12. The number of nitrogens with zero attached hydrogens (tertiary/aromatic N) is 4. The van der Waals surface area contributed by atoms with Gasteiger partial charge < -0.3 is 19.0 Å². The highest BCUT2D eigenvalue weighted by atomic mass is 16.7. The minimum atomic E-state index is -1.11. The molecule has 1 aromatic carbocycles. The van der Waals surface area contributed by atoms with E-state index >= 15 is 0 Å². The quantitative estimate of drug-likeness (QED) is 0.535. The summed E-state index contributed by atoms with van der Waals surface area (Å²) in [6, 6.07) is 8.90. The van der Waals surface area contributed by atoms with Crippen molar-refractivity contribution >= 4 is 29.2 Å². The van der Waals surface area contributed by atoms with Crippen LogP contribution in [0.5, 0.6) is 5.88 Å². The highest BCUT2D eigenvalue weighted by Gasteiger charge is 2.30. The number of amides is 1. The molecule has 0 radical (unpaired) electrons. The van der Waals surface area contributed by atoms with Gasteiger partial charge in [-0.1, -0.05) is 30.3 Å². The van der Waals surface area contributed by atoms with E-state index in [1.165, 1.54) is 18.2 Å². The molecule has 182 valence electrons. The van der Waals surface area contributed by atoms with Crippen LogP contribution in [0, 0.1) is 0 Å². The first-order valence-corrected chi connectivity index (χ1v) is 10.6. The lowest BCUT2D eigenvalue weighted by atomic mass is 10.1. The molecule has 3 aromatic rings. The first-order chi connectivity index (χ1) is 15.9. The largest absolute Gasteiger partial charge is 0.479 e. The van der Waals surface area contributed by atoms with Crippen LogP contribution in [-0.4, -0.2) is 50.1 Å². The fraction of sp³-hybridized carbons (Fsp3) is 0.435. The molecule has 0 aliphatic heterocycles. The highest BCUT2D eigenvalue weighted by Crippen LogP contribution is 2.25. The average molecular weight is 472 g/mol. The van der Waals surface area contributed by atoms with Crippen LogP contribution in [0.15, 0.2) is 36.7 Å². The van der Waals surface area contributed by atoms with Gasteiger partial charge in [0.2, 0.25) is 23.6 Å². The van der Waals surface area contributed by atoms with Gasteiger partial charge in [0.1, 0.15) is 17.5 Å². The van der Waals surface area contributed by atoms with Crippen molar-refractivity contribution in [2.24, 2.45) is 0 Å². The molecule has 11 heteroatoms. The van der Waals surface area contributed by atoms with Crippen LogP contribution >= 0.6 is 0 Å². The monoisotopic (exact) mass is 471 g/mol. The lowest BCUT2D eigenvalue weighted by Gasteiger charge is -2.24. The van der Waals surface area contributed by atoms with E-state index in [1.807, 2.05) is 6.07 Å². The summed E-state index contributed by atoms with van der Waals surface area (Å²) in [7, 11) is 1.41. The molecule has 1 unspecified atom stereocenters. The van der Waals surface area contributed by atoms with Gasteiger partial charge in [-0.15, -0.1) is 0 Å². The maximum Gasteiger partial charge on any atom is 0.414 e. The molecule has 0 spiro atoms. The fourth-order valence-corrected chi connectivity index (χ4v) is 2.86. The van der Waals surface area contributed by atoms with Gasteiger partial charge in [0, 0.05) is 5.56 Å². The Morgan fingerprint density at radius 3 is 2.21 bits per heavy atom. The molecule has 2 aromatic heterocycles. The van der Waals surface area contributed by atoms with Gasteiger partial charge in [-0.2, -0.15) is 14.7 Å². The lowest BCUT2D eigenvalue weighted by molar-refractivity contribution is -0.169. The zero-order valence-corrected chi connectivity index (χ0v) is 20.3. The Labute approximate surface area is 197 Å². The van der Waals surface area contributed by atoms with Crippen LogP contribution in [0.4, 0.5) is 10.7 Å². The van der Waals surface area contributed by atoms with Crippen molar-refractivity contribution in [1.82, 2.24) is 19.7 Å². The van der Waals surface area contributed by atoms with Crippen LogP contribution in [0.1, 0.15) is 53.2 Å². The second-order valence-corrected chi connectivity index (χ2v) is 9.36. The number of aromatic nitrogens is 4. The minimum absolute atomic E-state index is 0.0857. The van der Waals surface area contributed by atoms with E-state index in [0.29, 0.717) is 5.56 Å². The number of carbonyl (C=O) groups excluding carboxylic acids is 2. The van der Waals surface area contributed by atoms with E-state index in [0.717, 1.165) is 0 Å². The van der Waals surface area contributed by atoms with E-state index in [-0.39, 0.29) is 23.0 Å². The SMILES string of the molecule is COc1nc(NC(=O)OC(C)(C)C)nc2c1ncn2OC(C(=O)OC(C)(C)C)c1ccccc1. The number of hydrogen-bond acceptors (Lipinski definition) is 9. The van der Waals surface area contributed by atoms with Crippen molar-refractivity contribution in [2.45, 2.75) is 58.8 Å². The smallest absolute Gasteiger partial charge is 0.414 e. The van der Waals surface area contributed by atoms with E-state index in [2.05, 4.69) is 20.3 Å². The summed E-state index contributed by atoms with van der Waals surface area (Å²) < 4.78 is 17.3. The summed E-state index contributed by atoms with van der Waals surface area (Å²) in [6.07, 6.45) is -0.516. The van der Waals surface area contributed by atoms with Crippen LogP contribution in [0.3, 0.4) is 0 Å². The molecule has 0 aliphatic rings. The van der Waals surface area contributed by atoms with E-state index in [4.69, 9.17) is 19.0 Å². The Kier molecular flexibility index (Phi) is 6.94. The van der Waals surface area contributed by atoms with Gasteiger partial charge in [-0.25, -0.2) is 14.6 Å². The Morgan fingerprint density at radius 2 is 1.62 bits per heavy atom. The first kappa shape index (κ1) is 24.7. The molecular weight excluding hydrogens is 442 g/mol. The first-order valence-electron chi connectivity index (χ1n) is 10.6. The van der Waals surface area contributed by atoms with Gasteiger partial charge >= 0.3 is 12.1 Å². The molecule has 0 aliphatic carbocycles. The standard InChI is InChI=1S/C23H29N5O6/c1-22(2,3)32-19(29)16(14-11-9-8-10-12-14)34-28-13-24-15-17(28)25-20(26-18(15)31-7)27-21(30)33-23(4,5)6/h8-13,16H,1-7H3,(H,25,26,27,30). The van der Waals surface area contributed by atoms with Crippen LogP contribution in [0.25, 0.3) is 11.2 Å². The predicted octanol–water partition coefficient (Wildman–Crippen LogP) is 3.69. The number of rotatable bonds is 6. The molecule has 2 heterocycles. The highest BCUT2D eigenvalue weighted by molar-refractivity contribution is 5.85. The molecule has 0 fully saturated rings. The Bertz CT molecular complexity index is 1160. The number of nitrogens with one attached hydrogen (secondary N) is 1. The zero-order chi connectivity index (χ0) is 25.1. The van der Waals surface area contributed by atoms with Crippen molar-refractivity contribution < 1.29 is 28.6 Å². The summed E-state index contributed by atoms with van der Waals surface area (Å²) in [6.45, 7) is 10.5. The molecule has 34 heavy (non-hydrogen) atoms. The molecule has 1 N–H and O–H groups in total. The third kappa shape index (κ3) is 6.33. The van der Waals surface area contributed by atoms with E-state index < -0.39 is 29.4 Å². The van der Waals surface area contributed by atoms with Crippen molar-refractivity contribution in [1.29, 1.82) is 0 Å². The topological polar surface area (TPSA) is 127 Å². The fourth-order valence-electron chi connectivity index (χ4n) is 2.86. The van der Waals surface area contributed by atoms with Gasteiger partial charge in [-0.05, 0) is 41.5 Å². The Morgan fingerprint density at radius 1 is 0.971 bits per heavy atom. The number of methoxy groups -OCH3 is 1. The van der Waals surface area contributed by atoms with Crippen molar-refractivity contribution in [3.8, 4) is 5.88 Å². The minimum Gasteiger partial charge on any atom is -0.479 e. The Hall–Kier alpha value is -3.89. The van der Waals surface area contributed by atoms with Crippen molar-refractivity contribution in [2.75, 3.05) is 12.4 Å². The van der Waals surface area contributed by atoms with Crippen LogP contribution < -0.4 is 14.9 Å². The maximum atomic E-state index is 13.0.